The molecular formula is C18H21NO6. The van der Waals surface area contributed by atoms with Gasteiger partial charge in [-0.3, -0.25) is 4.79 Å². The number of carbonyl (C=O) groups excluding carboxylic acids is 1. The molecule has 1 amide bonds. The van der Waals surface area contributed by atoms with E-state index in [9.17, 15) is 9.59 Å². The number of furan rings is 1. The zero-order valence-electron chi connectivity index (χ0n) is 14.7. The Balaban J connectivity index is 2.13. The number of hydrogen-bond donors (Lipinski definition) is 1. The van der Waals surface area contributed by atoms with Crippen molar-refractivity contribution < 1.29 is 28.6 Å². The first-order valence-electron chi connectivity index (χ1n) is 7.63. The normalized spacial score (nSPS) is 10.4. The highest BCUT2D eigenvalue weighted by Gasteiger charge is 2.20. The van der Waals surface area contributed by atoms with Crippen LogP contribution in [0.25, 0.3) is 0 Å². The van der Waals surface area contributed by atoms with Crippen LogP contribution in [0.2, 0.25) is 0 Å². The summed E-state index contributed by atoms with van der Waals surface area (Å²) in [5, 5.41) is 9.06. The number of carboxylic acid groups (broad SMARTS) is 1. The molecule has 2 aromatic rings. The molecule has 0 saturated heterocycles. The van der Waals surface area contributed by atoms with Crippen LogP contribution in [-0.4, -0.2) is 43.2 Å². The first kappa shape index (κ1) is 18.4. The van der Waals surface area contributed by atoms with Gasteiger partial charge in [-0.2, -0.15) is 0 Å². The van der Waals surface area contributed by atoms with Crippen LogP contribution in [0.5, 0.6) is 11.5 Å². The van der Waals surface area contributed by atoms with Crippen LogP contribution < -0.4 is 9.47 Å². The van der Waals surface area contributed by atoms with Crippen molar-refractivity contribution >= 4 is 11.9 Å². The van der Waals surface area contributed by atoms with Crippen molar-refractivity contribution in [3.8, 4) is 11.5 Å². The molecule has 0 aliphatic carbocycles. The molecule has 1 aromatic carbocycles. The lowest BCUT2D eigenvalue weighted by molar-refractivity contribution is -0.130. The third kappa shape index (κ3) is 4.12. The molecule has 0 unspecified atom stereocenters. The first-order valence-corrected chi connectivity index (χ1v) is 7.63. The van der Waals surface area contributed by atoms with E-state index in [1.807, 2.05) is 0 Å². The Hall–Kier alpha value is -2.96. The Bertz CT molecular complexity index is 758. The van der Waals surface area contributed by atoms with Gasteiger partial charge in [0.15, 0.2) is 0 Å². The summed E-state index contributed by atoms with van der Waals surface area (Å²) in [5.74, 6) is 0.646. The summed E-state index contributed by atoms with van der Waals surface area (Å²) in [6.07, 6.45) is 0.0924. The maximum atomic E-state index is 12.5. The van der Waals surface area contributed by atoms with Crippen molar-refractivity contribution in [2.24, 2.45) is 0 Å². The minimum Gasteiger partial charge on any atom is -0.496 e. The van der Waals surface area contributed by atoms with Gasteiger partial charge in [0.1, 0.15) is 28.6 Å². The van der Waals surface area contributed by atoms with Gasteiger partial charge in [-0.05, 0) is 25.1 Å². The van der Waals surface area contributed by atoms with E-state index < -0.39 is 5.97 Å². The highest BCUT2D eigenvalue weighted by molar-refractivity contribution is 5.88. The van der Waals surface area contributed by atoms with E-state index in [1.54, 1.807) is 32.2 Å². The fourth-order valence-electron chi connectivity index (χ4n) is 2.54. The van der Waals surface area contributed by atoms with E-state index in [0.29, 0.717) is 28.6 Å². The number of hydrogen-bond acceptors (Lipinski definition) is 5. The predicted octanol–water partition coefficient (Wildman–Crippen LogP) is 2.50. The Labute approximate surface area is 145 Å². The van der Waals surface area contributed by atoms with Crippen LogP contribution in [0, 0.1) is 6.92 Å². The molecule has 1 heterocycles. The lowest BCUT2D eigenvalue weighted by Crippen LogP contribution is -2.27. The molecule has 0 fully saturated rings. The van der Waals surface area contributed by atoms with Crippen molar-refractivity contribution in [2.45, 2.75) is 19.9 Å². The van der Waals surface area contributed by atoms with Gasteiger partial charge in [-0.1, -0.05) is 6.07 Å². The summed E-state index contributed by atoms with van der Waals surface area (Å²) < 4.78 is 16.0. The van der Waals surface area contributed by atoms with Crippen LogP contribution in [0.1, 0.15) is 27.4 Å². The zero-order valence-corrected chi connectivity index (χ0v) is 14.7. The fourth-order valence-corrected chi connectivity index (χ4v) is 2.54. The number of amides is 1. The van der Waals surface area contributed by atoms with Crippen LogP contribution in [0.15, 0.2) is 28.7 Å². The molecule has 0 spiro atoms. The van der Waals surface area contributed by atoms with Gasteiger partial charge >= 0.3 is 5.97 Å². The molecule has 7 nitrogen and oxygen atoms in total. The standard InChI is InChI=1S/C18H21NO6/c1-11-13(18(21)22)8-12(25-11)10-19(2)17(20)9-14-15(23-3)6-5-7-16(14)24-4/h5-8H,9-10H2,1-4H3,(H,21,22). The zero-order chi connectivity index (χ0) is 18.6. The molecule has 0 aliphatic rings. The SMILES string of the molecule is COc1cccc(OC)c1CC(=O)N(C)Cc1cc(C(=O)O)c(C)o1. The summed E-state index contributed by atoms with van der Waals surface area (Å²) in [5.41, 5.74) is 0.758. The number of ether oxygens (including phenoxy) is 2. The first-order chi connectivity index (χ1) is 11.9. The molecule has 1 N–H and O–H groups in total. The van der Waals surface area contributed by atoms with Crippen LogP contribution >= 0.6 is 0 Å². The number of carboxylic acids is 1. The van der Waals surface area contributed by atoms with Gasteiger partial charge in [-0.15, -0.1) is 0 Å². The van der Waals surface area contributed by atoms with E-state index in [1.165, 1.54) is 25.2 Å². The number of methoxy groups -OCH3 is 2. The van der Waals surface area contributed by atoms with E-state index in [0.717, 1.165) is 0 Å². The van der Waals surface area contributed by atoms with Gasteiger partial charge in [0.2, 0.25) is 5.91 Å². The average Bonchev–Trinajstić information content (AvgIpc) is 2.95. The molecule has 0 aliphatic heterocycles. The van der Waals surface area contributed by atoms with Gasteiger partial charge in [0.25, 0.3) is 0 Å². The van der Waals surface area contributed by atoms with Crippen molar-refractivity contribution in [3.05, 3.63) is 46.9 Å². The molecular weight excluding hydrogens is 326 g/mol. The Kier molecular flexibility index (Phi) is 5.69. The second-order valence-corrected chi connectivity index (χ2v) is 5.56. The van der Waals surface area contributed by atoms with Crippen LogP contribution in [-0.2, 0) is 17.8 Å². The van der Waals surface area contributed by atoms with Gasteiger partial charge in [-0.25, -0.2) is 4.79 Å². The number of likely N-dealkylation sites (N-methyl/N-ethyl adjacent to an activating group) is 1. The Morgan fingerprint density at radius 2 is 1.80 bits per heavy atom. The average molecular weight is 347 g/mol. The van der Waals surface area contributed by atoms with Gasteiger partial charge < -0.3 is 23.9 Å². The van der Waals surface area contributed by atoms with Gasteiger partial charge in [0, 0.05) is 12.6 Å². The van der Waals surface area contributed by atoms with Crippen molar-refractivity contribution in [3.63, 3.8) is 0 Å². The van der Waals surface area contributed by atoms with E-state index in [4.69, 9.17) is 19.0 Å². The molecule has 1 aromatic heterocycles. The minimum atomic E-state index is -1.06. The lowest BCUT2D eigenvalue weighted by Gasteiger charge is -2.18. The summed E-state index contributed by atoms with van der Waals surface area (Å²) in [4.78, 5) is 25.1. The van der Waals surface area contributed by atoms with E-state index >= 15 is 0 Å². The van der Waals surface area contributed by atoms with Crippen LogP contribution in [0.3, 0.4) is 0 Å². The summed E-state index contributed by atoms with van der Waals surface area (Å²) >= 11 is 0. The number of rotatable bonds is 7. The maximum absolute atomic E-state index is 12.5. The lowest BCUT2D eigenvalue weighted by atomic mass is 10.1. The maximum Gasteiger partial charge on any atom is 0.339 e. The largest absolute Gasteiger partial charge is 0.496 e. The number of aromatic carboxylic acids is 1. The molecule has 0 bridgehead atoms. The molecule has 0 saturated carbocycles. The summed E-state index contributed by atoms with van der Waals surface area (Å²) in [6, 6.07) is 6.75. The quantitative estimate of drug-likeness (QED) is 0.828. The highest BCUT2D eigenvalue weighted by Crippen LogP contribution is 2.29. The molecule has 25 heavy (non-hydrogen) atoms. The van der Waals surface area contributed by atoms with Crippen molar-refractivity contribution in [2.75, 3.05) is 21.3 Å². The fraction of sp³-hybridized carbons (Fsp3) is 0.333. The van der Waals surface area contributed by atoms with Crippen molar-refractivity contribution in [1.29, 1.82) is 0 Å². The topological polar surface area (TPSA) is 89.2 Å². The van der Waals surface area contributed by atoms with Crippen LogP contribution in [0.4, 0.5) is 0 Å². The smallest absolute Gasteiger partial charge is 0.339 e. The predicted molar refractivity (Wildman–Crippen MR) is 90.1 cm³/mol. The number of aryl methyl sites for hydroxylation is 1. The summed E-state index contributed by atoms with van der Waals surface area (Å²) in [6.45, 7) is 1.75. The molecule has 0 atom stereocenters. The molecule has 134 valence electrons. The molecule has 2 rings (SSSR count). The second kappa shape index (κ2) is 7.74. The molecule has 0 radical (unpaired) electrons. The number of nitrogens with zero attached hydrogens (tertiary/aromatic N) is 1. The Morgan fingerprint density at radius 1 is 1.20 bits per heavy atom. The second-order valence-electron chi connectivity index (χ2n) is 5.56. The monoisotopic (exact) mass is 347 g/mol. The van der Waals surface area contributed by atoms with E-state index in [-0.39, 0.29) is 24.4 Å². The van der Waals surface area contributed by atoms with Gasteiger partial charge in [0.05, 0.1) is 27.2 Å². The Morgan fingerprint density at radius 3 is 2.28 bits per heavy atom. The molecule has 7 heteroatoms. The third-order valence-corrected chi connectivity index (χ3v) is 3.88. The third-order valence-electron chi connectivity index (χ3n) is 3.88. The van der Waals surface area contributed by atoms with Crippen molar-refractivity contribution in [1.82, 2.24) is 4.90 Å². The number of carbonyl (C=O) groups is 2. The number of benzene rings is 1. The highest BCUT2D eigenvalue weighted by atomic mass is 16.5. The van der Waals surface area contributed by atoms with E-state index in [2.05, 4.69) is 0 Å². The minimum absolute atomic E-state index is 0.0924. The summed E-state index contributed by atoms with van der Waals surface area (Å²) in [7, 11) is 4.69.